The number of esters is 1. The van der Waals surface area contributed by atoms with Crippen LogP contribution >= 0.6 is 0 Å². The lowest BCUT2D eigenvalue weighted by Gasteiger charge is -2.31. The molecule has 5 heteroatoms. The Bertz CT molecular complexity index is 489. The van der Waals surface area contributed by atoms with Crippen molar-refractivity contribution in [3.05, 3.63) is 35.9 Å². The normalized spacial score (nSPS) is 18.3. The standard InChI is InChI=1S/C19H31N3O2/c1-15(23)24-19(18(20)12-16-8-4-2-5-9-16)14-22(21)13-17-10-6-3-7-11-17/h2,4-5,8-9,17-19H,3,6-7,10-14,20-21H2,1H3/t18?,19-/m0/s1. The summed E-state index contributed by atoms with van der Waals surface area (Å²) in [6.45, 7) is 2.74. The van der Waals surface area contributed by atoms with Crippen LogP contribution in [-0.2, 0) is 16.0 Å². The van der Waals surface area contributed by atoms with Gasteiger partial charge >= 0.3 is 5.97 Å². The monoisotopic (exact) mass is 333 g/mol. The van der Waals surface area contributed by atoms with E-state index < -0.39 is 6.10 Å². The Labute approximate surface area is 145 Å². The number of nitrogens with two attached hydrogens (primary N) is 2. The first-order chi connectivity index (χ1) is 11.5. The average molecular weight is 333 g/mol. The van der Waals surface area contributed by atoms with Crippen molar-refractivity contribution >= 4 is 5.97 Å². The van der Waals surface area contributed by atoms with E-state index in [0.717, 1.165) is 12.1 Å². The summed E-state index contributed by atoms with van der Waals surface area (Å²) in [5.41, 5.74) is 7.46. The van der Waals surface area contributed by atoms with Gasteiger partial charge in [0.15, 0.2) is 0 Å². The maximum atomic E-state index is 11.4. The summed E-state index contributed by atoms with van der Waals surface area (Å²) in [6, 6.07) is 9.75. The Balaban J connectivity index is 1.89. The first-order valence-corrected chi connectivity index (χ1v) is 9.01. The highest BCUT2D eigenvalue weighted by Gasteiger charge is 2.25. The van der Waals surface area contributed by atoms with Crippen LogP contribution in [-0.4, -0.2) is 36.2 Å². The number of carbonyl (C=O) groups excluding carboxylic acids is 1. The van der Waals surface area contributed by atoms with E-state index in [0.29, 0.717) is 18.9 Å². The van der Waals surface area contributed by atoms with Gasteiger partial charge in [-0.15, -0.1) is 0 Å². The third kappa shape index (κ3) is 6.59. The predicted molar refractivity (Wildman–Crippen MR) is 96.0 cm³/mol. The maximum absolute atomic E-state index is 11.4. The molecule has 5 nitrogen and oxygen atoms in total. The molecular formula is C19H31N3O2. The Hall–Kier alpha value is -1.43. The number of hydrogen-bond donors (Lipinski definition) is 2. The molecule has 0 aliphatic heterocycles. The topological polar surface area (TPSA) is 81.6 Å². The van der Waals surface area contributed by atoms with Gasteiger partial charge in [0.25, 0.3) is 0 Å². The largest absolute Gasteiger partial charge is 0.459 e. The van der Waals surface area contributed by atoms with Gasteiger partial charge in [-0.25, -0.2) is 5.01 Å². The molecule has 0 amide bonds. The molecule has 1 aliphatic rings. The Morgan fingerprint density at radius 1 is 1.25 bits per heavy atom. The van der Waals surface area contributed by atoms with Crippen LogP contribution in [0.2, 0.25) is 0 Å². The van der Waals surface area contributed by atoms with Crippen LogP contribution in [0, 0.1) is 5.92 Å². The first-order valence-electron chi connectivity index (χ1n) is 9.01. The Kier molecular flexibility index (Phi) is 7.69. The van der Waals surface area contributed by atoms with Gasteiger partial charge in [0, 0.05) is 19.5 Å². The van der Waals surface area contributed by atoms with Crippen molar-refractivity contribution in [3.8, 4) is 0 Å². The molecule has 1 aromatic rings. The second-order valence-corrected chi connectivity index (χ2v) is 6.96. The van der Waals surface area contributed by atoms with Gasteiger partial charge in [-0.3, -0.25) is 10.6 Å². The smallest absolute Gasteiger partial charge is 0.303 e. The van der Waals surface area contributed by atoms with Crippen LogP contribution in [0.1, 0.15) is 44.6 Å². The molecule has 4 N–H and O–H groups in total. The lowest BCUT2D eigenvalue weighted by atomic mass is 9.89. The average Bonchev–Trinajstić information content (AvgIpc) is 2.55. The molecular weight excluding hydrogens is 302 g/mol. The molecule has 1 fully saturated rings. The molecule has 0 aromatic heterocycles. The summed E-state index contributed by atoms with van der Waals surface area (Å²) in [7, 11) is 0. The van der Waals surface area contributed by atoms with Gasteiger partial charge in [0.1, 0.15) is 6.10 Å². The van der Waals surface area contributed by atoms with Gasteiger partial charge < -0.3 is 10.5 Å². The van der Waals surface area contributed by atoms with E-state index >= 15 is 0 Å². The van der Waals surface area contributed by atoms with Crippen LogP contribution in [0.3, 0.4) is 0 Å². The van der Waals surface area contributed by atoms with Crippen LogP contribution in [0.4, 0.5) is 0 Å². The molecule has 1 aromatic carbocycles. The summed E-state index contributed by atoms with van der Waals surface area (Å²) < 4.78 is 5.46. The Morgan fingerprint density at radius 3 is 2.54 bits per heavy atom. The maximum Gasteiger partial charge on any atom is 0.303 e. The second-order valence-electron chi connectivity index (χ2n) is 6.96. The summed E-state index contributed by atoms with van der Waals surface area (Å²) in [5, 5.41) is 1.79. The minimum atomic E-state index is -0.392. The number of benzene rings is 1. The van der Waals surface area contributed by atoms with Gasteiger partial charge in [-0.1, -0.05) is 49.6 Å². The van der Waals surface area contributed by atoms with E-state index in [4.69, 9.17) is 16.3 Å². The van der Waals surface area contributed by atoms with E-state index in [1.807, 2.05) is 30.3 Å². The first kappa shape index (κ1) is 18.9. The van der Waals surface area contributed by atoms with Gasteiger partial charge in [-0.05, 0) is 30.7 Å². The summed E-state index contributed by atoms with van der Waals surface area (Å²) >= 11 is 0. The fraction of sp³-hybridized carbons (Fsp3) is 0.632. The molecule has 0 heterocycles. The van der Waals surface area contributed by atoms with E-state index in [1.54, 1.807) is 5.01 Å². The van der Waals surface area contributed by atoms with Crippen LogP contribution in [0.5, 0.6) is 0 Å². The molecule has 2 rings (SSSR count). The van der Waals surface area contributed by atoms with Crippen molar-refractivity contribution < 1.29 is 9.53 Å². The minimum absolute atomic E-state index is 0.270. The van der Waals surface area contributed by atoms with Gasteiger partial charge in [-0.2, -0.15) is 0 Å². The summed E-state index contributed by atoms with van der Waals surface area (Å²) in [5.74, 6) is 6.53. The quantitative estimate of drug-likeness (QED) is 0.433. The number of hydrazine groups is 1. The van der Waals surface area contributed by atoms with E-state index in [9.17, 15) is 4.79 Å². The molecule has 0 radical (unpaired) electrons. The fourth-order valence-electron chi connectivity index (χ4n) is 3.50. The summed E-state index contributed by atoms with van der Waals surface area (Å²) in [6.07, 6.45) is 6.66. The minimum Gasteiger partial charge on any atom is -0.459 e. The predicted octanol–water partition coefficient (Wildman–Crippen LogP) is 2.24. The molecule has 24 heavy (non-hydrogen) atoms. The number of nitrogens with zero attached hydrogens (tertiary/aromatic N) is 1. The van der Waals surface area contributed by atoms with Crippen molar-refractivity contribution in [1.29, 1.82) is 0 Å². The van der Waals surface area contributed by atoms with E-state index in [2.05, 4.69) is 0 Å². The molecule has 1 unspecified atom stereocenters. The number of ether oxygens (including phenoxy) is 1. The third-order valence-corrected chi connectivity index (χ3v) is 4.74. The van der Waals surface area contributed by atoms with Crippen molar-refractivity contribution in [2.75, 3.05) is 13.1 Å². The highest BCUT2D eigenvalue weighted by Crippen LogP contribution is 2.24. The number of carbonyl (C=O) groups is 1. The van der Waals surface area contributed by atoms with Crippen molar-refractivity contribution in [2.24, 2.45) is 17.5 Å². The van der Waals surface area contributed by atoms with Gasteiger partial charge in [0.05, 0.1) is 6.54 Å². The van der Waals surface area contributed by atoms with Crippen molar-refractivity contribution in [1.82, 2.24) is 5.01 Å². The van der Waals surface area contributed by atoms with Crippen molar-refractivity contribution in [2.45, 2.75) is 57.6 Å². The molecule has 134 valence electrons. The van der Waals surface area contributed by atoms with Crippen LogP contribution in [0.15, 0.2) is 30.3 Å². The molecule has 0 spiro atoms. The molecule has 0 saturated heterocycles. The van der Waals surface area contributed by atoms with Crippen molar-refractivity contribution in [3.63, 3.8) is 0 Å². The fourth-order valence-corrected chi connectivity index (χ4v) is 3.50. The molecule has 1 saturated carbocycles. The molecule has 0 bridgehead atoms. The second kappa shape index (κ2) is 9.77. The zero-order valence-electron chi connectivity index (χ0n) is 14.7. The zero-order valence-corrected chi connectivity index (χ0v) is 14.7. The number of rotatable bonds is 8. The SMILES string of the molecule is CC(=O)O[C@@H](CN(N)CC1CCCCC1)C(N)Cc1ccccc1. The zero-order chi connectivity index (χ0) is 17.4. The highest BCUT2D eigenvalue weighted by atomic mass is 16.5. The lowest BCUT2D eigenvalue weighted by molar-refractivity contribution is -0.148. The molecule has 2 atom stereocenters. The number of hydrogen-bond acceptors (Lipinski definition) is 5. The van der Waals surface area contributed by atoms with E-state index in [-0.39, 0.29) is 12.0 Å². The molecule has 1 aliphatic carbocycles. The summed E-state index contributed by atoms with van der Waals surface area (Å²) in [4.78, 5) is 11.4. The van der Waals surface area contributed by atoms with E-state index in [1.165, 1.54) is 39.0 Å². The highest BCUT2D eigenvalue weighted by molar-refractivity contribution is 5.66. The van der Waals surface area contributed by atoms with Crippen LogP contribution < -0.4 is 11.6 Å². The van der Waals surface area contributed by atoms with Crippen LogP contribution in [0.25, 0.3) is 0 Å². The van der Waals surface area contributed by atoms with Gasteiger partial charge in [0.2, 0.25) is 0 Å². The Morgan fingerprint density at radius 2 is 1.92 bits per heavy atom. The lowest BCUT2D eigenvalue weighted by Crippen LogP contribution is -2.50. The third-order valence-electron chi connectivity index (χ3n) is 4.74.